The lowest BCUT2D eigenvalue weighted by atomic mass is 10.1. The Morgan fingerprint density at radius 1 is 1.21 bits per heavy atom. The molecule has 6 nitrogen and oxygen atoms in total. The summed E-state index contributed by atoms with van der Waals surface area (Å²) in [4.78, 5) is 15.1. The van der Waals surface area contributed by atoms with Gasteiger partial charge in [0.15, 0.2) is 0 Å². The van der Waals surface area contributed by atoms with Crippen molar-refractivity contribution in [1.29, 1.82) is 0 Å². The first-order valence-corrected chi connectivity index (χ1v) is 9.18. The number of nitrogens with one attached hydrogen (secondary N) is 1. The first-order chi connectivity index (χ1) is 11.5. The summed E-state index contributed by atoms with van der Waals surface area (Å²) in [7, 11) is -3.70. The van der Waals surface area contributed by atoms with Crippen molar-refractivity contribution in [2.75, 3.05) is 0 Å². The molecule has 0 aliphatic heterocycles. The Morgan fingerprint density at radius 2 is 1.92 bits per heavy atom. The molecule has 1 aliphatic carbocycles. The fraction of sp³-hybridized carbons (Fsp3) is 0.294. The van der Waals surface area contributed by atoms with Gasteiger partial charge in [-0.15, -0.1) is 0 Å². The van der Waals surface area contributed by atoms with Crippen LogP contribution in [0.3, 0.4) is 0 Å². The minimum absolute atomic E-state index is 0.123. The molecule has 7 heteroatoms. The number of aromatic nitrogens is 1. The standard InChI is InChI=1S/C17H18N2O4S/c20-16(21)11-12-4-8-14(9-5-12)24(22,23)19-17(13-6-7-13)15-3-1-2-10-18-15/h1-5,8-10,13,17,19H,6-7,11H2,(H,20,21). The number of hydrogen-bond acceptors (Lipinski definition) is 4. The molecule has 2 aromatic rings. The maximum absolute atomic E-state index is 12.6. The van der Waals surface area contributed by atoms with Crippen molar-refractivity contribution in [2.24, 2.45) is 5.92 Å². The first kappa shape index (κ1) is 16.6. The van der Waals surface area contributed by atoms with Crippen molar-refractivity contribution in [1.82, 2.24) is 9.71 Å². The molecule has 0 spiro atoms. The number of rotatable bonds is 7. The Kier molecular flexibility index (Phi) is 4.64. The normalized spacial score (nSPS) is 15.8. The maximum atomic E-state index is 12.6. The number of nitrogens with zero attached hydrogens (tertiary/aromatic N) is 1. The van der Waals surface area contributed by atoms with Gasteiger partial charge in [0.05, 0.1) is 23.1 Å². The van der Waals surface area contributed by atoms with Gasteiger partial charge in [0, 0.05) is 6.20 Å². The smallest absolute Gasteiger partial charge is 0.307 e. The van der Waals surface area contributed by atoms with E-state index in [1.165, 1.54) is 24.3 Å². The molecule has 3 rings (SSSR count). The largest absolute Gasteiger partial charge is 0.481 e. The Labute approximate surface area is 140 Å². The molecule has 0 bridgehead atoms. The van der Waals surface area contributed by atoms with Crippen molar-refractivity contribution in [2.45, 2.75) is 30.2 Å². The molecule has 1 aromatic heterocycles. The number of benzene rings is 1. The summed E-state index contributed by atoms with van der Waals surface area (Å²) in [6.07, 6.45) is 3.47. The predicted octanol–water partition coefficient (Wildman–Crippen LogP) is 2.14. The zero-order chi connectivity index (χ0) is 17.2. The van der Waals surface area contributed by atoms with Crippen LogP contribution in [0.25, 0.3) is 0 Å². The van der Waals surface area contributed by atoms with Crippen LogP contribution in [-0.4, -0.2) is 24.5 Å². The maximum Gasteiger partial charge on any atom is 0.307 e. The molecule has 0 saturated heterocycles. The van der Waals surface area contributed by atoms with Gasteiger partial charge in [-0.05, 0) is 48.6 Å². The molecule has 1 heterocycles. The van der Waals surface area contributed by atoms with E-state index < -0.39 is 16.0 Å². The van der Waals surface area contributed by atoms with Crippen LogP contribution in [0.2, 0.25) is 0 Å². The molecular formula is C17H18N2O4S. The van der Waals surface area contributed by atoms with Crippen LogP contribution in [-0.2, 0) is 21.2 Å². The number of sulfonamides is 1. The topological polar surface area (TPSA) is 96.4 Å². The van der Waals surface area contributed by atoms with E-state index >= 15 is 0 Å². The van der Waals surface area contributed by atoms with E-state index in [1.54, 1.807) is 12.3 Å². The van der Waals surface area contributed by atoms with Crippen LogP contribution in [0.4, 0.5) is 0 Å². The van der Waals surface area contributed by atoms with E-state index in [0.717, 1.165) is 12.8 Å². The third-order valence-electron chi connectivity index (χ3n) is 3.97. The quantitative estimate of drug-likeness (QED) is 0.801. The second-order valence-electron chi connectivity index (χ2n) is 5.91. The number of hydrogen-bond donors (Lipinski definition) is 2. The van der Waals surface area contributed by atoms with Crippen LogP contribution in [0.1, 0.15) is 30.1 Å². The molecule has 1 aromatic carbocycles. The summed E-state index contributed by atoms with van der Waals surface area (Å²) in [6, 6.07) is 11.0. The summed E-state index contributed by atoms with van der Waals surface area (Å²) < 4.78 is 28.0. The Bertz CT molecular complexity index is 815. The highest BCUT2D eigenvalue weighted by Gasteiger charge is 2.36. The highest BCUT2D eigenvalue weighted by atomic mass is 32.2. The van der Waals surface area contributed by atoms with Gasteiger partial charge < -0.3 is 5.11 Å². The van der Waals surface area contributed by atoms with Gasteiger partial charge >= 0.3 is 5.97 Å². The second kappa shape index (κ2) is 6.70. The van der Waals surface area contributed by atoms with Gasteiger partial charge in [0.25, 0.3) is 0 Å². The Balaban J connectivity index is 1.80. The number of carboxylic acid groups (broad SMARTS) is 1. The van der Waals surface area contributed by atoms with E-state index in [1.807, 2.05) is 12.1 Å². The summed E-state index contributed by atoms with van der Waals surface area (Å²) in [5.74, 6) is -0.686. The van der Waals surface area contributed by atoms with Gasteiger partial charge in [-0.2, -0.15) is 0 Å². The third kappa shape index (κ3) is 3.98. The lowest BCUT2D eigenvalue weighted by Crippen LogP contribution is -2.30. The minimum Gasteiger partial charge on any atom is -0.481 e. The zero-order valence-corrected chi connectivity index (χ0v) is 13.7. The number of pyridine rings is 1. The second-order valence-corrected chi connectivity index (χ2v) is 7.62. The van der Waals surface area contributed by atoms with E-state index in [-0.39, 0.29) is 23.3 Å². The molecule has 1 saturated carbocycles. The van der Waals surface area contributed by atoms with Crippen molar-refractivity contribution < 1.29 is 18.3 Å². The molecule has 2 N–H and O–H groups in total. The molecule has 1 unspecified atom stereocenters. The van der Waals surface area contributed by atoms with Crippen molar-refractivity contribution in [3.8, 4) is 0 Å². The zero-order valence-electron chi connectivity index (χ0n) is 12.9. The van der Waals surface area contributed by atoms with Crippen molar-refractivity contribution in [3.05, 3.63) is 59.9 Å². The number of carboxylic acids is 1. The lowest BCUT2D eigenvalue weighted by molar-refractivity contribution is -0.136. The Hall–Kier alpha value is -2.25. The molecule has 0 amide bonds. The Morgan fingerprint density at radius 3 is 2.46 bits per heavy atom. The summed E-state index contributed by atoms with van der Waals surface area (Å²) in [6.45, 7) is 0. The SMILES string of the molecule is O=C(O)Cc1ccc(S(=O)(=O)NC(c2ccccn2)C2CC2)cc1. The summed E-state index contributed by atoms with van der Waals surface area (Å²) in [5, 5.41) is 8.77. The van der Waals surface area contributed by atoms with E-state index in [0.29, 0.717) is 11.3 Å². The average Bonchev–Trinajstić information content (AvgIpc) is 3.38. The summed E-state index contributed by atoms with van der Waals surface area (Å²) >= 11 is 0. The minimum atomic E-state index is -3.70. The van der Waals surface area contributed by atoms with Gasteiger partial charge in [-0.1, -0.05) is 18.2 Å². The van der Waals surface area contributed by atoms with E-state index in [2.05, 4.69) is 9.71 Å². The van der Waals surface area contributed by atoms with Gasteiger partial charge in [0.1, 0.15) is 0 Å². The number of aliphatic carboxylic acids is 1. The molecule has 1 fully saturated rings. The fourth-order valence-corrected chi connectivity index (χ4v) is 3.86. The van der Waals surface area contributed by atoms with Gasteiger partial charge in [0.2, 0.25) is 10.0 Å². The van der Waals surface area contributed by atoms with E-state index in [9.17, 15) is 13.2 Å². The van der Waals surface area contributed by atoms with Crippen molar-refractivity contribution >= 4 is 16.0 Å². The van der Waals surface area contributed by atoms with Crippen molar-refractivity contribution in [3.63, 3.8) is 0 Å². The van der Waals surface area contributed by atoms with Gasteiger partial charge in [-0.25, -0.2) is 13.1 Å². The fourth-order valence-electron chi connectivity index (χ4n) is 2.58. The molecule has 1 aliphatic rings. The van der Waals surface area contributed by atoms with Crippen LogP contribution in [0.15, 0.2) is 53.6 Å². The molecule has 126 valence electrons. The molecular weight excluding hydrogens is 328 g/mol. The molecule has 24 heavy (non-hydrogen) atoms. The summed E-state index contributed by atoms with van der Waals surface area (Å²) in [5.41, 5.74) is 1.27. The van der Waals surface area contributed by atoms with Crippen LogP contribution in [0.5, 0.6) is 0 Å². The van der Waals surface area contributed by atoms with E-state index in [4.69, 9.17) is 5.11 Å². The van der Waals surface area contributed by atoms with Crippen LogP contribution >= 0.6 is 0 Å². The first-order valence-electron chi connectivity index (χ1n) is 7.70. The average molecular weight is 346 g/mol. The number of carbonyl (C=O) groups is 1. The highest BCUT2D eigenvalue weighted by molar-refractivity contribution is 7.89. The molecule has 1 atom stereocenters. The monoisotopic (exact) mass is 346 g/mol. The third-order valence-corrected chi connectivity index (χ3v) is 5.43. The van der Waals surface area contributed by atoms with Crippen LogP contribution < -0.4 is 4.72 Å². The highest BCUT2D eigenvalue weighted by Crippen LogP contribution is 2.41. The lowest BCUT2D eigenvalue weighted by Gasteiger charge is -2.18. The van der Waals surface area contributed by atoms with Crippen LogP contribution in [0, 0.1) is 5.92 Å². The molecule has 0 radical (unpaired) electrons. The van der Waals surface area contributed by atoms with Gasteiger partial charge in [-0.3, -0.25) is 9.78 Å². The predicted molar refractivity (Wildman–Crippen MR) is 87.8 cm³/mol.